The van der Waals surface area contributed by atoms with Crippen LogP contribution >= 0.6 is 24.0 Å². The van der Waals surface area contributed by atoms with Gasteiger partial charge in [-0.2, -0.15) is 0 Å². The first-order chi connectivity index (χ1) is 11.2. The summed E-state index contributed by atoms with van der Waals surface area (Å²) in [7, 11) is 1.73. The molecule has 0 saturated heterocycles. The van der Waals surface area contributed by atoms with Crippen LogP contribution in [0.1, 0.15) is 37.3 Å². The van der Waals surface area contributed by atoms with Gasteiger partial charge >= 0.3 is 0 Å². The number of carbonyl (C=O) groups is 1. The summed E-state index contributed by atoms with van der Waals surface area (Å²) in [6.45, 7) is 4.86. The third-order valence-corrected chi connectivity index (χ3v) is 4.19. The molecule has 0 atom stereocenters. The smallest absolute Gasteiger partial charge is 0.242 e. The summed E-state index contributed by atoms with van der Waals surface area (Å²) in [5.74, 6) is 0.822. The third-order valence-electron chi connectivity index (χ3n) is 4.19. The van der Waals surface area contributed by atoms with Gasteiger partial charge in [0.25, 0.3) is 0 Å². The van der Waals surface area contributed by atoms with Crippen LogP contribution in [0.25, 0.3) is 0 Å². The second kappa shape index (κ2) is 11.3. The van der Waals surface area contributed by atoms with Crippen molar-refractivity contribution in [1.82, 2.24) is 15.5 Å². The van der Waals surface area contributed by atoms with Gasteiger partial charge in [-0.3, -0.25) is 9.79 Å². The van der Waals surface area contributed by atoms with E-state index in [2.05, 4.69) is 40.7 Å². The van der Waals surface area contributed by atoms with Crippen LogP contribution in [0.2, 0.25) is 0 Å². The number of hydrogen-bond donors (Lipinski definition) is 2. The molecule has 24 heavy (non-hydrogen) atoms. The van der Waals surface area contributed by atoms with E-state index in [1.807, 2.05) is 11.0 Å². The Morgan fingerprint density at radius 1 is 1.21 bits per heavy atom. The molecule has 1 aliphatic rings. The molecule has 5 nitrogen and oxygen atoms in total. The van der Waals surface area contributed by atoms with Crippen LogP contribution in [0.4, 0.5) is 0 Å². The van der Waals surface area contributed by atoms with Crippen molar-refractivity contribution in [2.24, 2.45) is 4.99 Å². The fourth-order valence-corrected chi connectivity index (χ4v) is 2.78. The minimum Gasteiger partial charge on any atom is -0.356 e. The average Bonchev–Trinajstić information content (AvgIpc) is 2.60. The maximum Gasteiger partial charge on any atom is 0.242 e. The van der Waals surface area contributed by atoms with E-state index in [1.54, 1.807) is 7.05 Å². The molecule has 6 heteroatoms. The number of unbranched alkanes of at least 4 members (excludes halogenated alkanes) is 2. The zero-order valence-corrected chi connectivity index (χ0v) is 17.0. The lowest BCUT2D eigenvalue weighted by molar-refractivity contribution is -0.130. The first-order valence-electron chi connectivity index (χ1n) is 8.53. The second-order valence-electron chi connectivity index (χ2n) is 5.89. The monoisotopic (exact) mass is 444 g/mol. The molecule has 0 radical (unpaired) electrons. The number of nitrogens with zero attached hydrogens (tertiary/aromatic N) is 2. The molecule has 0 unspecified atom stereocenters. The predicted octanol–water partition coefficient (Wildman–Crippen LogP) is 2.54. The van der Waals surface area contributed by atoms with Crippen molar-refractivity contribution in [1.29, 1.82) is 0 Å². The summed E-state index contributed by atoms with van der Waals surface area (Å²) in [6, 6.07) is 8.35. The summed E-state index contributed by atoms with van der Waals surface area (Å²) < 4.78 is 0. The third kappa shape index (κ3) is 6.30. The van der Waals surface area contributed by atoms with Gasteiger partial charge in [0.1, 0.15) is 0 Å². The highest BCUT2D eigenvalue weighted by atomic mass is 127. The van der Waals surface area contributed by atoms with Crippen LogP contribution in [0, 0.1) is 0 Å². The van der Waals surface area contributed by atoms with Crippen molar-refractivity contribution in [2.45, 2.75) is 39.2 Å². The summed E-state index contributed by atoms with van der Waals surface area (Å²) in [5.41, 5.74) is 2.62. The Morgan fingerprint density at radius 2 is 1.96 bits per heavy atom. The van der Waals surface area contributed by atoms with Gasteiger partial charge in [-0.05, 0) is 24.0 Å². The minimum atomic E-state index is 0. The van der Waals surface area contributed by atoms with Gasteiger partial charge in [-0.25, -0.2) is 0 Å². The Labute approximate surface area is 162 Å². The molecule has 1 heterocycles. The van der Waals surface area contributed by atoms with E-state index >= 15 is 0 Å². The number of benzene rings is 1. The average molecular weight is 444 g/mol. The molecule has 1 aromatic rings. The molecule has 0 saturated carbocycles. The molecule has 0 aliphatic carbocycles. The molecule has 0 aromatic heterocycles. The van der Waals surface area contributed by atoms with E-state index < -0.39 is 0 Å². The molecule has 0 fully saturated rings. The first kappa shape index (κ1) is 20.7. The van der Waals surface area contributed by atoms with E-state index in [0.717, 1.165) is 25.9 Å². The fourth-order valence-electron chi connectivity index (χ4n) is 2.78. The highest BCUT2D eigenvalue weighted by Crippen LogP contribution is 2.18. The molecule has 0 bridgehead atoms. The number of carbonyl (C=O) groups excluding carboxylic acids is 1. The Morgan fingerprint density at radius 3 is 2.67 bits per heavy atom. The van der Waals surface area contributed by atoms with Crippen molar-refractivity contribution < 1.29 is 4.79 Å². The lowest BCUT2D eigenvalue weighted by Gasteiger charge is -2.29. The molecular formula is C18H29IN4O. The highest BCUT2D eigenvalue weighted by Gasteiger charge is 2.20. The van der Waals surface area contributed by atoms with Crippen LogP contribution in [0.5, 0.6) is 0 Å². The Balaban J connectivity index is 0.00000288. The van der Waals surface area contributed by atoms with Gasteiger partial charge in [0.05, 0.1) is 6.54 Å². The predicted molar refractivity (Wildman–Crippen MR) is 110 cm³/mol. The number of guanidine groups is 1. The molecule has 134 valence electrons. The minimum absolute atomic E-state index is 0. The van der Waals surface area contributed by atoms with E-state index in [9.17, 15) is 4.79 Å². The van der Waals surface area contributed by atoms with Gasteiger partial charge < -0.3 is 15.5 Å². The van der Waals surface area contributed by atoms with Crippen LogP contribution in [0.15, 0.2) is 29.3 Å². The van der Waals surface area contributed by atoms with Crippen molar-refractivity contribution in [3.05, 3.63) is 35.4 Å². The summed E-state index contributed by atoms with van der Waals surface area (Å²) >= 11 is 0. The lowest BCUT2D eigenvalue weighted by Crippen LogP contribution is -2.46. The molecule has 1 aliphatic heterocycles. The molecule has 2 rings (SSSR count). The summed E-state index contributed by atoms with van der Waals surface area (Å²) in [5, 5.41) is 6.36. The van der Waals surface area contributed by atoms with Gasteiger partial charge in [-0.15, -0.1) is 24.0 Å². The number of rotatable bonds is 6. The fraction of sp³-hybridized carbons (Fsp3) is 0.556. The molecule has 1 amide bonds. The molecule has 1 aromatic carbocycles. The first-order valence-corrected chi connectivity index (χ1v) is 8.53. The Kier molecular flexibility index (Phi) is 9.75. The van der Waals surface area contributed by atoms with E-state index in [1.165, 1.54) is 24.0 Å². The van der Waals surface area contributed by atoms with Crippen LogP contribution in [0.3, 0.4) is 0 Å². The quantitative estimate of drug-likeness (QED) is 0.307. The lowest BCUT2D eigenvalue weighted by atomic mass is 10.00. The topological polar surface area (TPSA) is 56.7 Å². The van der Waals surface area contributed by atoms with Crippen LogP contribution in [-0.2, 0) is 17.8 Å². The van der Waals surface area contributed by atoms with Crippen molar-refractivity contribution in [3.63, 3.8) is 0 Å². The van der Waals surface area contributed by atoms with Crippen molar-refractivity contribution >= 4 is 35.8 Å². The van der Waals surface area contributed by atoms with E-state index in [-0.39, 0.29) is 36.4 Å². The van der Waals surface area contributed by atoms with Crippen LogP contribution < -0.4 is 10.6 Å². The summed E-state index contributed by atoms with van der Waals surface area (Å²) in [4.78, 5) is 18.5. The SMILES string of the molecule is CCCCCNC(=NC)NCC(=O)N1CCc2ccccc2C1.I. The van der Waals surface area contributed by atoms with E-state index in [4.69, 9.17) is 0 Å². The number of nitrogens with one attached hydrogen (secondary N) is 2. The van der Waals surface area contributed by atoms with Crippen molar-refractivity contribution in [2.75, 3.05) is 26.7 Å². The molecular weight excluding hydrogens is 415 g/mol. The maximum atomic E-state index is 12.4. The van der Waals surface area contributed by atoms with E-state index in [0.29, 0.717) is 12.5 Å². The highest BCUT2D eigenvalue weighted by molar-refractivity contribution is 14.0. The van der Waals surface area contributed by atoms with Crippen molar-refractivity contribution in [3.8, 4) is 0 Å². The number of fused-ring (bicyclic) bond motifs is 1. The van der Waals surface area contributed by atoms with Gasteiger partial charge in [0.15, 0.2) is 5.96 Å². The normalized spacial score (nSPS) is 13.8. The number of halogens is 1. The maximum absolute atomic E-state index is 12.4. The summed E-state index contributed by atoms with van der Waals surface area (Å²) in [6.07, 6.45) is 4.46. The van der Waals surface area contributed by atoms with Gasteiger partial charge in [-0.1, -0.05) is 44.0 Å². The number of aliphatic imine (C=N–C) groups is 1. The molecule has 2 N–H and O–H groups in total. The van der Waals surface area contributed by atoms with Crippen LogP contribution in [-0.4, -0.2) is 43.4 Å². The Hall–Kier alpha value is -1.31. The number of hydrogen-bond acceptors (Lipinski definition) is 2. The number of amides is 1. The van der Waals surface area contributed by atoms with Gasteiger partial charge in [0, 0.05) is 26.7 Å². The zero-order chi connectivity index (χ0) is 16.5. The van der Waals surface area contributed by atoms with Gasteiger partial charge in [0.2, 0.25) is 5.91 Å². The molecule has 0 spiro atoms. The second-order valence-corrected chi connectivity index (χ2v) is 5.89. The standard InChI is InChI=1S/C18H28N4O.HI/c1-3-4-7-11-20-18(19-2)21-13-17(23)22-12-10-15-8-5-6-9-16(15)14-22;/h5-6,8-9H,3-4,7,10-14H2,1-2H3,(H2,19,20,21);1H. The zero-order valence-electron chi connectivity index (χ0n) is 14.7. The largest absolute Gasteiger partial charge is 0.356 e. The Bertz CT molecular complexity index is 548.